The van der Waals surface area contributed by atoms with Crippen LogP contribution in [0.25, 0.3) is 11.0 Å². The molecule has 0 radical (unpaired) electrons. The summed E-state index contributed by atoms with van der Waals surface area (Å²) in [6.07, 6.45) is 1.60. The third-order valence-electron chi connectivity index (χ3n) is 1.69. The first kappa shape index (κ1) is 7.86. The molecule has 0 fully saturated rings. The van der Waals surface area contributed by atoms with Gasteiger partial charge in [-0.05, 0) is 18.2 Å². The fourth-order valence-electron chi connectivity index (χ4n) is 1.16. The van der Waals surface area contributed by atoms with Gasteiger partial charge >= 0.3 is 5.97 Å². The maximum Gasteiger partial charge on any atom is 0.308 e. The van der Waals surface area contributed by atoms with Crippen LogP contribution in [0.5, 0.6) is 5.75 Å². The molecule has 0 aliphatic rings. The number of hydrogen-bond donors (Lipinski definition) is 0. The minimum absolute atomic E-state index is 0.328. The van der Waals surface area contributed by atoms with E-state index in [1.54, 1.807) is 18.4 Å². The molecular formula is C10H8O3. The van der Waals surface area contributed by atoms with Crippen molar-refractivity contribution in [2.75, 3.05) is 0 Å². The van der Waals surface area contributed by atoms with E-state index in [2.05, 4.69) is 0 Å². The Balaban J connectivity index is 2.42. The van der Waals surface area contributed by atoms with Gasteiger partial charge in [-0.25, -0.2) is 0 Å². The van der Waals surface area contributed by atoms with Crippen LogP contribution in [0.4, 0.5) is 0 Å². The summed E-state index contributed by atoms with van der Waals surface area (Å²) in [7, 11) is 0. The summed E-state index contributed by atoms with van der Waals surface area (Å²) < 4.78 is 10.0. The van der Waals surface area contributed by atoms with E-state index < -0.39 is 0 Å². The van der Waals surface area contributed by atoms with Crippen molar-refractivity contribution in [3.8, 4) is 5.75 Å². The molecule has 0 saturated carbocycles. The van der Waals surface area contributed by atoms with Gasteiger partial charge in [0.1, 0.15) is 11.3 Å². The Labute approximate surface area is 74.9 Å². The maximum atomic E-state index is 10.6. The molecule has 0 bridgehead atoms. The minimum Gasteiger partial charge on any atom is -0.464 e. The van der Waals surface area contributed by atoms with Crippen LogP contribution in [0.15, 0.2) is 34.9 Å². The van der Waals surface area contributed by atoms with Crippen LogP contribution >= 0.6 is 0 Å². The van der Waals surface area contributed by atoms with Gasteiger partial charge < -0.3 is 9.15 Å². The van der Waals surface area contributed by atoms with E-state index in [4.69, 9.17) is 9.15 Å². The maximum absolute atomic E-state index is 10.6. The fraction of sp³-hybridized carbons (Fsp3) is 0.100. The second-order valence-corrected chi connectivity index (χ2v) is 2.71. The van der Waals surface area contributed by atoms with Gasteiger partial charge in [-0.3, -0.25) is 4.79 Å². The quantitative estimate of drug-likeness (QED) is 0.494. The van der Waals surface area contributed by atoms with E-state index in [9.17, 15) is 4.79 Å². The number of esters is 1. The molecule has 66 valence electrons. The third kappa shape index (κ3) is 1.54. The fourth-order valence-corrected chi connectivity index (χ4v) is 1.16. The first-order valence-electron chi connectivity index (χ1n) is 3.91. The minimum atomic E-state index is -0.328. The number of rotatable bonds is 1. The second kappa shape index (κ2) is 2.94. The zero-order valence-electron chi connectivity index (χ0n) is 7.11. The van der Waals surface area contributed by atoms with Crippen LogP contribution in [0.3, 0.4) is 0 Å². The normalized spacial score (nSPS) is 10.2. The Kier molecular flexibility index (Phi) is 1.77. The topological polar surface area (TPSA) is 39.4 Å². The number of ether oxygens (including phenoxy) is 1. The highest BCUT2D eigenvalue weighted by atomic mass is 16.5. The number of hydrogen-bond acceptors (Lipinski definition) is 3. The van der Waals surface area contributed by atoms with Crippen molar-refractivity contribution < 1.29 is 13.9 Å². The first-order chi connectivity index (χ1) is 6.25. The van der Waals surface area contributed by atoms with Gasteiger partial charge in [0.2, 0.25) is 0 Å². The van der Waals surface area contributed by atoms with Gasteiger partial charge in [-0.15, -0.1) is 0 Å². The van der Waals surface area contributed by atoms with Gasteiger partial charge in [0.25, 0.3) is 0 Å². The molecule has 2 rings (SSSR count). The van der Waals surface area contributed by atoms with Crippen molar-refractivity contribution in [3.05, 3.63) is 30.5 Å². The lowest BCUT2D eigenvalue weighted by atomic mass is 10.2. The Morgan fingerprint density at radius 2 is 2.23 bits per heavy atom. The third-order valence-corrected chi connectivity index (χ3v) is 1.69. The Morgan fingerprint density at radius 3 is 3.00 bits per heavy atom. The van der Waals surface area contributed by atoms with Crippen LogP contribution in [0.2, 0.25) is 0 Å². The van der Waals surface area contributed by atoms with Crippen molar-refractivity contribution in [1.82, 2.24) is 0 Å². The largest absolute Gasteiger partial charge is 0.464 e. The number of carbonyl (C=O) groups excluding carboxylic acids is 1. The Bertz CT molecular complexity index is 442. The standard InChI is InChI=1S/C10H8O3/c1-7(11)13-9-3-2-8-4-5-12-10(8)6-9/h2-6H,1H3. The average Bonchev–Trinajstić information content (AvgIpc) is 2.49. The lowest BCUT2D eigenvalue weighted by Crippen LogP contribution is -2.00. The van der Waals surface area contributed by atoms with Crippen molar-refractivity contribution in [3.63, 3.8) is 0 Å². The molecule has 1 heterocycles. The Morgan fingerprint density at radius 1 is 1.38 bits per heavy atom. The highest BCUT2D eigenvalue weighted by Crippen LogP contribution is 2.21. The van der Waals surface area contributed by atoms with Gasteiger partial charge in [0, 0.05) is 18.4 Å². The molecule has 0 aliphatic carbocycles. The summed E-state index contributed by atoms with van der Waals surface area (Å²) in [6.45, 7) is 1.37. The number of carbonyl (C=O) groups is 1. The highest BCUT2D eigenvalue weighted by molar-refractivity contribution is 5.79. The highest BCUT2D eigenvalue weighted by Gasteiger charge is 2.01. The molecule has 0 aliphatic heterocycles. The number of benzene rings is 1. The summed E-state index contributed by atoms with van der Waals surface area (Å²) in [5, 5.41) is 0.996. The van der Waals surface area contributed by atoms with E-state index >= 15 is 0 Å². The average molecular weight is 176 g/mol. The van der Waals surface area contributed by atoms with Crippen LogP contribution in [0.1, 0.15) is 6.92 Å². The van der Waals surface area contributed by atoms with E-state index in [0.717, 1.165) is 11.0 Å². The summed E-state index contributed by atoms with van der Waals surface area (Å²) in [6, 6.07) is 7.12. The SMILES string of the molecule is CC(=O)Oc1ccc2ccoc2c1. The van der Waals surface area contributed by atoms with Crippen molar-refractivity contribution in [1.29, 1.82) is 0 Å². The molecule has 0 unspecified atom stereocenters. The molecule has 3 nitrogen and oxygen atoms in total. The monoisotopic (exact) mass is 176 g/mol. The summed E-state index contributed by atoms with van der Waals surface area (Å²) in [4.78, 5) is 10.6. The van der Waals surface area contributed by atoms with Gasteiger partial charge in [0.05, 0.1) is 6.26 Å². The van der Waals surface area contributed by atoms with Gasteiger partial charge in [0.15, 0.2) is 0 Å². The molecule has 3 heteroatoms. The van der Waals surface area contributed by atoms with E-state index in [-0.39, 0.29) is 5.97 Å². The van der Waals surface area contributed by atoms with Crippen LogP contribution in [0, 0.1) is 0 Å². The summed E-state index contributed by atoms with van der Waals surface area (Å²) in [5.41, 5.74) is 0.721. The van der Waals surface area contributed by atoms with Crippen LogP contribution in [-0.4, -0.2) is 5.97 Å². The number of furan rings is 1. The molecule has 0 saturated heterocycles. The van der Waals surface area contributed by atoms with Crippen molar-refractivity contribution in [2.45, 2.75) is 6.92 Å². The first-order valence-corrected chi connectivity index (χ1v) is 3.91. The zero-order valence-corrected chi connectivity index (χ0v) is 7.11. The smallest absolute Gasteiger partial charge is 0.308 e. The lowest BCUT2D eigenvalue weighted by molar-refractivity contribution is -0.131. The van der Waals surface area contributed by atoms with E-state index in [1.165, 1.54) is 6.92 Å². The lowest BCUT2D eigenvalue weighted by Gasteiger charge is -1.99. The predicted molar refractivity (Wildman–Crippen MR) is 47.5 cm³/mol. The van der Waals surface area contributed by atoms with Gasteiger partial charge in [-0.1, -0.05) is 0 Å². The molecular weight excluding hydrogens is 168 g/mol. The van der Waals surface area contributed by atoms with Crippen molar-refractivity contribution >= 4 is 16.9 Å². The summed E-state index contributed by atoms with van der Waals surface area (Å²) in [5.74, 6) is 0.181. The zero-order chi connectivity index (χ0) is 9.26. The predicted octanol–water partition coefficient (Wildman–Crippen LogP) is 2.36. The molecule has 0 N–H and O–H groups in total. The molecule has 2 aromatic rings. The molecule has 0 atom stereocenters. The molecule has 0 spiro atoms. The molecule has 13 heavy (non-hydrogen) atoms. The van der Waals surface area contributed by atoms with E-state index in [1.807, 2.05) is 12.1 Å². The van der Waals surface area contributed by atoms with Crippen LogP contribution < -0.4 is 4.74 Å². The summed E-state index contributed by atoms with van der Waals surface area (Å²) >= 11 is 0. The second-order valence-electron chi connectivity index (χ2n) is 2.71. The number of fused-ring (bicyclic) bond motifs is 1. The molecule has 1 aromatic heterocycles. The Hall–Kier alpha value is -1.77. The molecule has 0 amide bonds. The van der Waals surface area contributed by atoms with Crippen LogP contribution in [-0.2, 0) is 4.79 Å². The van der Waals surface area contributed by atoms with E-state index in [0.29, 0.717) is 5.75 Å². The van der Waals surface area contributed by atoms with Gasteiger partial charge in [-0.2, -0.15) is 0 Å². The van der Waals surface area contributed by atoms with Crippen molar-refractivity contribution in [2.24, 2.45) is 0 Å². The molecule has 1 aromatic carbocycles.